The van der Waals surface area contributed by atoms with Crippen molar-refractivity contribution in [3.63, 3.8) is 0 Å². The van der Waals surface area contributed by atoms with E-state index in [1.54, 1.807) is 7.11 Å². The fraction of sp³-hybridized carbons (Fsp3) is 0.588. The Morgan fingerprint density at radius 3 is 2.83 bits per heavy atom. The second-order valence-electron chi connectivity index (χ2n) is 5.99. The van der Waals surface area contributed by atoms with E-state index in [4.69, 9.17) is 15.2 Å². The second-order valence-corrected chi connectivity index (χ2v) is 5.99. The molecular formula is C17H25ClN2O3. The minimum atomic E-state index is -0.330. The first-order chi connectivity index (χ1) is 10.7. The van der Waals surface area contributed by atoms with Crippen LogP contribution in [0.25, 0.3) is 0 Å². The molecule has 3 atom stereocenters. The molecule has 1 unspecified atom stereocenters. The predicted molar refractivity (Wildman–Crippen MR) is 90.9 cm³/mol. The molecule has 2 fully saturated rings. The molecule has 0 spiro atoms. The van der Waals surface area contributed by atoms with Crippen molar-refractivity contribution < 1.29 is 14.3 Å². The van der Waals surface area contributed by atoms with Gasteiger partial charge >= 0.3 is 0 Å². The highest BCUT2D eigenvalue weighted by atomic mass is 35.5. The molecule has 2 aliphatic heterocycles. The number of likely N-dealkylation sites (tertiary alicyclic amines) is 1. The molecule has 0 aliphatic carbocycles. The zero-order chi connectivity index (χ0) is 15.5. The number of ether oxygens (including phenoxy) is 2. The van der Waals surface area contributed by atoms with Crippen LogP contribution in [-0.4, -0.2) is 43.2 Å². The molecule has 2 N–H and O–H groups in total. The lowest BCUT2D eigenvalue weighted by molar-refractivity contribution is -0.143. The maximum absolute atomic E-state index is 12.8. The van der Waals surface area contributed by atoms with Crippen LogP contribution in [0.1, 0.15) is 37.3 Å². The maximum atomic E-state index is 12.8. The number of carbonyl (C=O) groups is 1. The summed E-state index contributed by atoms with van der Waals surface area (Å²) >= 11 is 0. The summed E-state index contributed by atoms with van der Waals surface area (Å²) < 4.78 is 11.2. The van der Waals surface area contributed by atoms with Gasteiger partial charge in [0.05, 0.1) is 19.3 Å². The normalized spacial score (nSPS) is 26.9. The molecule has 2 aliphatic rings. The largest absolute Gasteiger partial charge is 0.496 e. The van der Waals surface area contributed by atoms with Crippen molar-refractivity contribution >= 4 is 18.3 Å². The number of hydrogen-bond donors (Lipinski definition) is 1. The average Bonchev–Trinajstić information content (AvgIpc) is 3.23. The van der Waals surface area contributed by atoms with Crippen molar-refractivity contribution in [3.8, 4) is 5.75 Å². The lowest BCUT2D eigenvalue weighted by Gasteiger charge is -2.28. The van der Waals surface area contributed by atoms with Crippen LogP contribution in [0, 0.1) is 0 Å². The number of benzene rings is 1. The number of nitrogens with zero attached hydrogens (tertiary/aromatic N) is 1. The number of hydrogen-bond acceptors (Lipinski definition) is 4. The number of halogens is 1. The van der Waals surface area contributed by atoms with Crippen LogP contribution < -0.4 is 10.5 Å². The molecular weight excluding hydrogens is 316 g/mol. The van der Waals surface area contributed by atoms with Crippen LogP contribution in [0.4, 0.5) is 0 Å². The molecule has 0 bridgehead atoms. The molecule has 23 heavy (non-hydrogen) atoms. The summed E-state index contributed by atoms with van der Waals surface area (Å²) in [5, 5.41) is 0. The van der Waals surface area contributed by atoms with E-state index in [-0.39, 0.29) is 36.6 Å². The van der Waals surface area contributed by atoms with Gasteiger partial charge in [0.25, 0.3) is 5.91 Å². The summed E-state index contributed by atoms with van der Waals surface area (Å²) in [6, 6.07) is 8.04. The molecule has 1 amide bonds. The van der Waals surface area contributed by atoms with E-state index < -0.39 is 0 Å². The molecule has 2 heterocycles. The van der Waals surface area contributed by atoms with Gasteiger partial charge in [0.15, 0.2) is 0 Å². The van der Waals surface area contributed by atoms with Crippen molar-refractivity contribution in [3.05, 3.63) is 29.8 Å². The summed E-state index contributed by atoms with van der Waals surface area (Å²) in [5.41, 5.74) is 6.73. The topological polar surface area (TPSA) is 64.8 Å². The smallest absolute Gasteiger partial charge is 0.252 e. The van der Waals surface area contributed by atoms with Gasteiger partial charge in [-0.25, -0.2) is 0 Å². The Bertz CT molecular complexity index is 540. The van der Waals surface area contributed by atoms with E-state index in [0.717, 1.165) is 43.5 Å². The van der Waals surface area contributed by atoms with Crippen LogP contribution in [0.2, 0.25) is 0 Å². The van der Waals surface area contributed by atoms with E-state index in [1.165, 1.54) is 0 Å². The standard InChI is InChI=1S/C17H24N2O3.ClH/c1-21-15-7-3-2-5-13(15)14-6-4-10-19(14)17(20)16-9-8-12(11-18)22-16;/h2-3,5,7,12,14,16H,4,6,8-11,18H2,1H3;1H/t12-,14?,16+;/m1./s1. The van der Waals surface area contributed by atoms with Crippen molar-refractivity contribution in [2.75, 3.05) is 20.2 Å². The SMILES string of the molecule is COc1ccccc1C1CCCN1C(=O)[C@@H]1CC[C@H](CN)O1.Cl. The third-order valence-electron chi connectivity index (χ3n) is 4.68. The van der Waals surface area contributed by atoms with Gasteiger partial charge in [-0.2, -0.15) is 0 Å². The summed E-state index contributed by atoms with van der Waals surface area (Å²) in [4.78, 5) is 14.8. The van der Waals surface area contributed by atoms with Gasteiger partial charge in [-0.1, -0.05) is 18.2 Å². The second kappa shape index (κ2) is 7.99. The zero-order valence-corrected chi connectivity index (χ0v) is 14.3. The van der Waals surface area contributed by atoms with Gasteiger partial charge in [-0.15, -0.1) is 12.4 Å². The summed E-state index contributed by atoms with van der Waals surface area (Å²) in [5.74, 6) is 0.948. The zero-order valence-electron chi connectivity index (χ0n) is 13.4. The van der Waals surface area contributed by atoms with Crippen LogP contribution >= 0.6 is 12.4 Å². The first kappa shape index (κ1) is 18.0. The number of methoxy groups -OCH3 is 1. The molecule has 1 aromatic rings. The average molecular weight is 341 g/mol. The van der Waals surface area contributed by atoms with E-state index >= 15 is 0 Å². The molecule has 128 valence electrons. The molecule has 0 radical (unpaired) electrons. The summed E-state index contributed by atoms with van der Waals surface area (Å²) in [6.45, 7) is 1.27. The maximum Gasteiger partial charge on any atom is 0.252 e. The fourth-order valence-corrected chi connectivity index (χ4v) is 3.54. The highest BCUT2D eigenvalue weighted by Gasteiger charge is 2.38. The van der Waals surface area contributed by atoms with Gasteiger partial charge in [-0.3, -0.25) is 4.79 Å². The van der Waals surface area contributed by atoms with Crippen molar-refractivity contribution in [1.29, 1.82) is 0 Å². The highest BCUT2D eigenvalue weighted by molar-refractivity contribution is 5.85. The van der Waals surface area contributed by atoms with E-state index in [9.17, 15) is 4.79 Å². The van der Waals surface area contributed by atoms with Crippen LogP contribution in [-0.2, 0) is 9.53 Å². The Kier molecular flexibility index (Phi) is 6.27. The van der Waals surface area contributed by atoms with Crippen molar-refractivity contribution in [2.45, 2.75) is 43.9 Å². The van der Waals surface area contributed by atoms with E-state index in [1.807, 2.05) is 29.2 Å². The molecule has 2 saturated heterocycles. The number of rotatable bonds is 4. The molecule has 3 rings (SSSR count). The number of carbonyl (C=O) groups excluding carboxylic acids is 1. The molecule has 5 nitrogen and oxygen atoms in total. The van der Waals surface area contributed by atoms with Gasteiger partial charge in [0.1, 0.15) is 11.9 Å². The predicted octanol–water partition coefficient (Wildman–Crippen LogP) is 2.29. The van der Waals surface area contributed by atoms with Crippen molar-refractivity contribution in [2.24, 2.45) is 5.73 Å². The highest BCUT2D eigenvalue weighted by Crippen LogP contribution is 2.38. The lowest BCUT2D eigenvalue weighted by Crippen LogP contribution is -2.39. The first-order valence-electron chi connectivity index (χ1n) is 8.03. The monoisotopic (exact) mass is 340 g/mol. The van der Waals surface area contributed by atoms with Gasteiger partial charge < -0.3 is 20.1 Å². The number of amides is 1. The van der Waals surface area contributed by atoms with E-state index in [0.29, 0.717) is 6.54 Å². The van der Waals surface area contributed by atoms with Gasteiger partial charge in [-0.05, 0) is 31.7 Å². The lowest BCUT2D eigenvalue weighted by atomic mass is 10.0. The Balaban J connectivity index is 0.00000192. The minimum Gasteiger partial charge on any atom is -0.496 e. The Labute approximate surface area is 143 Å². The third-order valence-corrected chi connectivity index (χ3v) is 4.68. The summed E-state index contributed by atoms with van der Waals surface area (Å²) in [6.07, 6.45) is 3.33. The molecule has 0 saturated carbocycles. The first-order valence-corrected chi connectivity index (χ1v) is 8.03. The molecule has 1 aromatic carbocycles. The van der Waals surface area contributed by atoms with Gasteiger partial charge in [0, 0.05) is 18.7 Å². The Morgan fingerprint density at radius 2 is 2.13 bits per heavy atom. The Morgan fingerprint density at radius 1 is 1.35 bits per heavy atom. The van der Waals surface area contributed by atoms with Crippen LogP contribution in [0.5, 0.6) is 5.75 Å². The van der Waals surface area contributed by atoms with Crippen LogP contribution in [0.15, 0.2) is 24.3 Å². The Hall–Kier alpha value is -1.30. The molecule has 0 aromatic heterocycles. The summed E-state index contributed by atoms with van der Waals surface area (Å²) in [7, 11) is 1.67. The molecule has 6 heteroatoms. The number of para-hydroxylation sites is 1. The van der Waals surface area contributed by atoms with Crippen molar-refractivity contribution in [1.82, 2.24) is 4.90 Å². The van der Waals surface area contributed by atoms with E-state index in [2.05, 4.69) is 0 Å². The third kappa shape index (κ3) is 3.62. The minimum absolute atomic E-state index is 0. The number of nitrogens with two attached hydrogens (primary N) is 1. The quantitative estimate of drug-likeness (QED) is 0.913. The van der Waals surface area contributed by atoms with Crippen LogP contribution in [0.3, 0.4) is 0 Å². The van der Waals surface area contributed by atoms with Gasteiger partial charge in [0.2, 0.25) is 0 Å². The fourth-order valence-electron chi connectivity index (χ4n) is 3.54.